The number of ether oxygens (including phenoxy) is 1. The van der Waals surface area contributed by atoms with Crippen LogP contribution in [-0.2, 0) is 27.0 Å². The van der Waals surface area contributed by atoms with Crippen molar-refractivity contribution in [3.05, 3.63) is 83.2 Å². The largest absolute Gasteiger partial charge is 0.441 e. The van der Waals surface area contributed by atoms with Gasteiger partial charge >= 0.3 is 18.4 Å². The van der Waals surface area contributed by atoms with Crippen molar-refractivity contribution in [2.75, 3.05) is 24.5 Å². The number of anilines is 1. The number of likely N-dealkylation sites (tertiary alicyclic amines) is 1. The summed E-state index contributed by atoms with van der Waals surface area (Å²) in [6.07, 6.45) is 0.830. The van der Waals surface area contributed by atoms with Gasteiger partial charge in [-0.1, -0.05) is 30.3 Å². The highest BCUT2D eigenvalue weighted by Crippen LogP contribution is 2.41. The number of alkyl halides is 3. The zero-order chi connectivity index (χ0) is 29.2. The van der Waals surface area contributed by atoms with E-state index in [1.54, 1.807) is 17.2 Å². The second-order valence-corrected chi connectivity index (χ2v) is 10.9. The van der Waals surface area contributed by atoms with E-state index >= 15 is 0 Å². The number of aromatic nitrogens is 1. The molecule has 0 atom stereocenters. The molecule has 3 aromatic rings. The molecule has 2 aliphatic heterocycles. The van der Waals surface area contributed by atoms with Crippen LogP contribution in [0.1, 0.15) is 54.0 Å². The molecule has 7 nitrogen and oxygen atoms in total. The molecule has 1 spiro atoms. The Morgan fingerprint density at radius 1 is 1.05 bits per heavy atom. The Balaban J connectivity index is 0.00000108. The average Bonchev–Trinajstić information content (AvgIpc) is 3.75. The van der Waals surface area contributed by atoms with E-state index in [9.17, 15) is 18.0 Å². The zero-order valence-electron chi connectivity index (χ0n) is 22.6. The summed E-state index contributed by atoms with van der Waals surface area (Å²) in [6.45, 7) is 3.64. The molecule has 6 rings (SSSR count). The Labute approximate surface area is 235 Å². The summed E-state index contributed by atoms with van der Waals surface area (Å²) >= 11 is 0. The van der Waals surface area contributed by atoms with E-state index in [-0.39, 0.29) is 17.8 Å². The number of nitrogens with zero attached hydrogens (tertiary/aromatic N) is 3. The molecule has 3 fully saturated rings. The molecule has 0 radical (unpaired) electrons. The number of pyridine rings is 1. The van der Waals surface area contributed by atoms with Crippen LogP contribution >= 0.6 is 0 Å². The Bertz CT molecular complexity index is 1430. The van der Waals surface area contributed by atoms with E-state index in [1.165, 1.54) is 13.0 Å². The van der Waals surface area contributed by atoms with Crippen LogP contribution < -0.4 is 4.90 Å². The monoisotopic (exact) mass is 565 g/mol. The minimum absolute atomic E-state index is 0.207. The highest BCUT2D eigenvalue weighted by Gasteiger charge is 2.47. The van der Waals surface area contributed by atoms with Crippen molar-refractivity contribution in [3.8, 4) is 11.1 Å². The number of amides is 1. The lowest BCUT2D eigenvalue weighted by Crippen LogP contribution is -2.46. The van der Waals surface area contributed by atoms with Gasteiger partial charge in [0.2, 0.25) is 0 Å². The number of carbonyl (C=O) groups excluding carboxylic acids is 3. The third-order valence-corrected chi connectivity index (χ3v) is 8.05. The number of hydrogen-bond acceptors (Lipinski definition) is 6. The molecular weight excluding hydrogens is 535 g/mol. The number of aryl methyl sites for hydroxylation is 1. The molecule has 1 aliphatic carbocycles. The fraction of sp³-hybridized carbons (Fsp3) is 0.387. The van der Waals surface area contributed by atoms with E-state index < -0.39 is 17.3 Å². The smallest absolute Gasteiger partial charge is 0.416 e. The average molecular weight is 566 g/mol. The van der Waals surface area contributed by atoms with Crippen LogP contribution in [0, 0.1) is 6.92 Å². The molecule has 0 unspecified atom stereocenters. The van der Waals surface area contributed by atoms with Gasteiger partial charge in [-0.15, -0.1) is 0 Å². The van der Waals surface area contributed by atoms with Crippen molar-refractivity contribution < 1.29 is 32.3 Å². The third-order valence-electron chi connectivity index (χ3n) is 8.05. The van der Waals surface area contributed by atoms with Gasteiger partial charge in [0.1, 0.15) is 5.60 Å². The van der Waals surface area contributed by atoms with Crippen LogP contribution in [0.4, 0.5) is 23.7 Å². The molecule has 2 aromatic carbocycles. The first kappa shape index (κ1) is 28.5. The summed E-state index contributed by atoms with van der Waals surface area (Å²) in [7, 11) is 0. The Kier molecular flexibility index (Phi) is 7.98. The lowest BCUT2D eigenvalue weighted by molar-refractivity contribution is -0.191. The topological polar surface area (TPSA) is 79.8 Å². The van der Waals surface area contributed by atoms with Gasteiger partial charge in [0.15, 0.2) is 0 Å². The molecule has 1 amide bonds. The van der Waals surface area contributed by atoms with Crippen LogP contribution in [0.3, 0.4) is 0 Å². The SMILES string of the molecule is Cc1cc(-c2ccc(C3CC3)nc2)c(CN2CCC3(CC2)CN(c2ccccc2)C(=O)O3)cc1C(F)(F)F.O=C=O. The van der Waals surface area contributed by atoms with E-state index in [2.05, 4.69) is 9.88 Å². The second-order valence-electron chi connectivity index (χ2n) is 10.9. The molecule has 2 saturated heterocycles. The van der Waals surface area contributed by atoms with Crippen molar-refractivity contribution in [2.24, 2.45) is 0 Å². The second kappa shape index (κ2) is 11.5. The first-order chi connectivity index (χ1) is 19.6. The lowest BCUT2D eigenvalue weighted by Gasteiger charge is -2.37. The van der Waals surface area contributed by atoms with Crippen molar-refractivity contribution in [1.82, 2.24) is 9.88 Å². The van der Waals surface area contributed by atoms with Crippen LogP contribution in [0.15, 0.2) is 60.8 Å². The standard InChI is InChI=1S/C30H30F3N3O2.CO2/c1-20-15-25(22-9-10-27(34-17-22)21-7-8-21)23(16-26(20)30(31,32)33)18-35-13-11-29(12-14-35)19-36(28(37)38-29)24-5-3-2-4-6-24;2-1-3/h2-6,9-10,15-17,21H,7-8,11-14,18-19H2,1H3;. The number of halogens is 3. The molecule has 41 heavy (non-hydrogen) atoms. The number of hydrogen-bond donors (Lipinski definition) is 0. The fourth-order valence-corrected chi connectivity index (χ4v) is 5.69. The number of benzene rings is 2. The molecule has 1 saturated carbocycles. The van der Waals surface area contributed by atoms with Gasteiger partial charge in [0.05, 0.1) is 12.1 Å². The van der Waals surface area contributed by atoms with E-state index in [1.807, 2.05) is 42.5 Å². The van der Waals surface area contributed by atoms with Gasteiger partial charge in [0.25, 0.3) is 0 Å². The Hall–Kier alpha value is -4.01. The van der Waals surface area contributed by atoms with Gasteiger partial charge in [-0.05, 0) is 60.7 Å². The molecular formula is C31H30F3N3O4. The normalized spacial score (nSPS) is 18.4. The predicted molar refractivity (Wildman–Crippen MR) is 144 cm³/mol. The summed E-state index contributed by atoms with van der Waals surface area (Å²) in [5, 5.41) is 0. The quantitative estimate of drug-likeness (QED) is 0.358. The maximum absolute atomic E-state index is 13.8. The fourth-order valence-electron chi connectivity index (χ4n) is 5.69. The number of para-hydroxylation sites is 1. The van der Waals surface area contributed by atoms with Crippen LogP contribution in [0.2, 0.25) is 0 Å². The van der Waals surface area contributed by atoms with Gasteiger partial charge in [-0.2, -0.15) is 22.8 Å². The van der Waals surface area contributed by atoms with Gasteiger partial charge in [-0.3, -0.25) is 14.8 Å². The Morgan fingerprint density at radius 2 is 1.73 bits per heavy atom. The molecule has 0 bridgehead atoms. The van der Waals surface area contributed by atoms with Gasteiger partial charge in [-0.25, -0.2) is 4.79 Å². The van der Waals surface area contributed by atoms with Crippen molar-refractivity contribution >= 4 is 17.9 Å². The summed E-state index contributed by atoms with van der Waals surface area (Å²) < 4.78 is 47.3. The zero-order valence-corrected chi connectivity index (χ0v) is 22.6. The summed E-state index contributed by atoms with van der Waals surface area (Å²) in [5.41, 5.74) is 3.15. The minimum Gasteiger partial charge on any atom is -0.441 e. The number of piperidine rings is 1. The first-order valence-corrected chi connectivity index (χ1v) is 13.6. The van der Waals surface area contributed by atoms with E-state index in [4.69, 9.17) is 14.3 Å². The van der Waals surface area contributed by atoms with Crippen LogP contribution in [0.25, 0.3) is 11.1 Å². The third kappa shape index (κ3) is 6.34. The maximum Gasteiger partial charge on any atom is 0.416 e. The summed E-state index contributed by atoms with van der Waals surface area (Å²) in [4.78, 5) is 37.3. The molecule has 0 N–H and O–H groups in total. The highest BCUT2D eigenvalue weighted by molar-refractivity contribution is 5.90. The predicted octanol–water partition coefficient (Wildman–Crippen LogP) is 6.36. The lowest BCUT2D eigenvalue weighted by atomic mass is 9.90. The van der Waals surface area contributed by atoms with E-state index in [0.717, 1.165) is 35.3 Å². The minimum atomic E-state index is -4.42. The summed E-state index contributed by atoms with van der Waals surface area (Å²) in [6, 6.07) is 16.4. The van der Waals surface area contributed by atoms with Crippen LogP contribution in [-0.4, -0.2) is 47.4 Å². The first-order valence-electron chi connectivity index (χ1n) is 13.6. The number of rotatable bonds is 5. The van der Waals surface area contributed by atoms with Crippen molar-refractivity contribution in [1.29, 1.82) is 0 Å². The van der Waals surface area contributed by atoms with E-state index in [0.29, 0.717) is 50.5 Å². The molecule has 10 heteroatoms. The number of carbonyl (C=O) groups is 1. The summed E-state index contributed by atoms with van der Waals surface area (Å²) in [5.74, 6) is 0.515. The van der Waals surface area contributed by atoms with Crippen molar-refractivity contribution in [2.45, 2.75) is 56.8 Å². The van der Waals surface area contributed by atoms with Crippen molar-refractivity contribution in [3.63, 3.8) is 0 Å². The molecule has 3 aliphatic rings. The highest BCUT2D eigenvalue weighted by atomic mass is 19.4. The molecule has 1 aromatic heterocycles. The molecule has 214 valence electrons. The van der Waals surface area contributed by atoms with Gasteiger partial charge < -0.3 is 4.74 Å². The Morgan fingerprint density at radius 3 is 2.32 bits per heavy atom. The molecule has 3 heterocycles. The maximum atomic E-state index is 13.8. The van der Waals surface area contributed by atoms with Gasteiger partial charge in [0, 0.05) is 61.5 Å². The van der Waals surface area contributed by atoms with Crippen LogP contribution in [0.5, 0.6) is 0 Å².